The van der Waals surface area contributed by atoms with Gasteiger partial charge in [0.1, 0.15) is 0 Å². The van der Waals surface area contributed by atoms with E-state index in [1.165, 1.54) is 0 Å². The van der Waals surface area contributed by atoms with Crippen LogP contribution in [0.15, 0.2) is 4.99 Å². The van der Waals surface area contributed by atoms with Crippen molar-refractivity contribution in [2.45, 2.75) is 52.1 Å². The molecule has 0 aromatic heterocycles. The minimum Gasteiger partial charge on any atom is -0.388 e. The van der Waals surface area contributed by atoms with Crippen LogP contribution in [0.4, 0.5) is 0 Å². The highest BCUT2D eigenvalue weighted by atomic mass is 127. The molecule has 0 spiro atoms. The first-order chi connectivity index (χ1) is 8.06. The molecule has 0 unspecified atom stereocenters. The second kappa shape index (κ2) is 8.96. The minimum atomic E-state index is -0.527. The number of guanidine groups is 1. The van der Waals surface area contributed by atoms with Gasteiger partial charge in [-0.1, -0.05) is 13.8 Å². The van der Waals surface area contributed by atoms with Crippen molar-refractivity contribution in [2.75, 3.05) is 19.6 Å². The largest absolute Gasteiger partial charge is 0.388 e. The van der Waals surface area contributed by atoms with E-state index in [1.54, 1.807) is 0 Å². The molecule has 1 aliphatic rings. The Morgan fingerprint density at radius 1 is 1.33 bits per heavy atom. The normalized spacial score (nSPS) is 17.9. The number of aliphatic hydroxyl groups is 1. The standard InChI is InChI=1S/C13H27N3O.HI/c1-4-14-12(15-9-6-11(2)3)16-10-13(17)7-5-8-13;/h11,17H,4-10H2,1-3H3,(H2,14,15,16);1H. The Kier molecular flexibility index (Phi) is 8.94. The zero-order chi connectivity index (χ0) is 12.7. The molecule has 0 bridgehead atoms. The summed E-state index contributed by atoms with van der Waals surface area (Å²) in [7, 11) is 0. The van der Waals surface area contributed by atoms with Crippen LogP contribution in [0.25, 0.3) is 0 Å². The fourth-order valence-corrected chi connectivity index (χ4v) is 1.79. The monoisotopic (exact) mass is 369 g/mol. The zero-order valence-corrected chi connectivity index (χ0v) is 14.2. The molecule has 5 heteroatoms. The number of rotatable bonds is 6. The van der Waals surface area contributed by atoms with E-state index < -0.39 is 5.60 Å². The average molecular weight is 369 g/mol. The summed E-state index contributed by atoms with van der Waals surface area (Å²) in [5.41, 5.74) is -0.527. The summed E-state index contributed by atoms with van der Waals surface area (Å²) in [6.07, 6.45) is 4.04. The number of nitrogens with one attached hydrogen (secondary N) is 2. The number of aliphatic imine (C=N–C) groups is 1. The predicted molar refractivity (Wildman–Crippen MR) is 87.7 cm³/mol. The Morgan fingerprint density at radius 2 is 2.00 bits per heavy atom. The van der Waals surface area contributed by atoms with Crippen molar-refractivity contribution in [3.63, 3.8) is 0 Å². The van der Waals surface area contributed by atoms with E-state index in [9.17, 15) is 5.11 Å². The van der Waals surface area contributed by atoms with Crippen molar-refractivity contribution >= 4 is 29.9 Å². The first-order valence-corrected chi connectivity index (χ1v) is 6.80. The molecule has 0 aromatic rings. The van der Waals surface area contributed by atoms with Crippen LogP contribution in [-0.2, 0) is 0 Å². The third-order valence-corrected chi connectivity index (χ3v) is 3.17. The van der Waals surface area contributed by atoms with Crippen LogP contribution in [-0.4, -0.2) is 36.3 Å². The van der Waals surface area contributed by atoms with Crippen LogP contribution >= 0.6 is 24.0 Å². The second-order valence-corrected chi connectivity index (χ2v) is 5.38. The van der Waals surface area contributed by atoms with Crippen molar-refractivity contribution in [1.29, 1.82) is 0 Å². The fraction of sp³-hybridized carbons (Fsp3) is 0.923. The molecule has 1 rings (SSSR count). The van der Waals surface area contributed by atoms with Gasteiger partial charge in [0, 0.05) is 13.1 Å². The van der Waals surface area contributed by atoms with Gasteiger partial charge in [-0.2, -0.15) is 0 Å². The maximum Gasteiger partial charge on any atom is 0.191 e. The van der Waals surface area contributed by atoms with Gasteiger partial charge < -0.3 is 15.7 Å². The predicted octanol–water partition coefficient (Wildman–Crippen LogP) is 2.12. The number of hydrogen-bond acceptors (Lipinski definition) is 2. The van der Waals surface area contributed by atoms with Crippen LogP contribution in [0.3, 0.4) is 0 Å². The molecule has 0 atom stereocenters. The van der Waals surface area contributed by atoms with Crippen molar-refractivity contribution < 1.29 is 5.11 Å². The summed E-state index contributed by atoms with van der Waals surface area (Å²) in [6.45, 7) is 8.78. The lowest BCUT2D eigenvalue weighted by Gasteiger charge is -2.35. The van der Waals surface area contributed by atoms with Crippen LogP contribution < -0.4 is 10.6 Å². The quantitative estimate of drug-likeness (QED) is 0.382. The van der Waals surface area contributed by atoms with Crippen LogP contribution in [0.5, 0.6) is 0 Å². The third-order valence-electron chi connectivity index (χ3n) is 3.17. The summed E-state index contributed by atoms with van der Waals surface area (Å²) in [4.78, 5) is 4.45. The van der Waals surface area contributed by atoms with Gasteiger partial charge in [0.25, 0.3) is 0 Å². The van der Waals surface area contributed by atoms with Crippen LogP contribution in [0.1, 0.15) is 46.5 Å². The smallest absolute Gasteiger partial charge is 0.191 e. The van der Waals surface area contributed by atoms with Gasteiger partial charge in [-0.05, 0) is 38.5 Å². The molecule has 0 amide bonds. The highest BCUT2D eigenvalue weighted by Crippen LogP contribution is 2.31. The summed E-state index contributed by atoms with van der Waals surface area (Å²) in [5, 5.41) is 16.5. The first-order valence-electron chi connectivity index (χ1n) is 6.80. The molecule has 0 heterocycles. The maximum absolute atomic E-state index is 9.98. The van der Waals surface area contributed by atoms with Crippen molar-refractivity contribution in [3.8, 4) is 0 Å². The molecule has 3 N–H and O–H groups in total. The van der Waals surface area contributed by atoms with E-state index in [2.05, 4.69) is 36.4 Å². The molecule has 0 saturated heterocycles. The SMILES string of the molecule is CCNC(=NCC1(O)CCC1)NCCC(C)C.I. The van der Waals surface area contributed by atoms with E-state index in [4.69, 9.17) is 0 Å². The van der Waals surface area contributed by atoms with Crippen molar-refractivity contribution in [3.05, 3.63) is 0 Å². The molecular weight excluding hydrogens is 341 g/mol. The lowest BCUT2D eigenvalue weighted by molar-refractivity contribution is -0.0236. The molecule has 18 heavy (non-hydrogen) atoms. The van der Waals surface area contributed by atoms with Crippen molar-refractivity contribution in [2.24, 2.45) is 10.9 Å². The summed E-state index contributed by atoms with van der Waals surface area (Å²) in [6, 6.07) is 0. The van der Waals surface area contributed by atoms with E-state index in [-0.39, 0.29) is 24.0 Å². The second-order valence-electron chi connectivity index (χ2n) is 5.38. The van der Waals surface area contributed by atoms with Crippen LogP contribution in [0, 0.1) is 5.92 Å². The van der Waals surface area contributed by atoms with Gasteiger partial charge in [-0.3, -0.25) is 4.99 Å². The van der Waals surface area contributed by atoms with E-state index in [0.29, 0.717) is 12.5 Å². The highest BCUT2D eigenvalue weighted by molar-refractivity contribution is 14.0. The molecule has 0 aliphatic heterocycles. The Bertz CT molecular complexity index is 253. The van der Waals surface area contributed by atoms with Gasteiger partial charge in [0.2, 0.25) is 0 Å². The molecular formula is C13H28IN3O. The van der Waals surface area contributed by atoms with Crippen LogP contribution in [0.2, 0.25) is 0 Å². The lowest BCUT2D eigenvalue weighted by Crippen LogP contribution is -2.43. The Balaban J connectivity index is 0.00000289. The van der Waals surface area contributed by atoms with Gasteiger partial charge in [-0.25, -0.2) is 0 Å². The van der Waals surface area contributed by atoms with E-state index >= 15 is 0 Å². The lowest BCUT2D eigenvalue weighted by atomic mass is 9.80. The molecule has 4 nitrogen and oxygen atoms in total. The van der Waals surface area contributed by atoms with Gasteiger partial charge >= 0.3 is 0 Å². The Hall–Kier alpha value is -0.0400. The number of hydrogen-bond donors (Lipinski definition) is 3. The van der Waals surface area contributed by atoms with Crippen molar-refractivity contribution in [1.82, 2.24) is 10.6 Å². The Morgan fingerprint density at radius 3 is 2.44 bits per heavy atom. The minimum absolute atomic E-state index is 0. The maximum atomic E-state index is 9.98. The summed E-state index contributed by atoms with van der Waals surface area (Å²) >= 11 is 0. The van der Waals surface area contributed by atoms with Gasteiger partial charge in [-0.15, -0.1) is 24.0 Å². The molecule has 0 aromatic carbocycles. The number of nitrogens with zero attached hydrogens (tertiary/aromatic N) is 1. The summed E-state index contributed by atoms with van der Waals surface area (Å²) < 4.78 is 0. The summed E-state index contributed by atoms with van der Waals surface area (Å²) in [5.74, 6) is 1.52. The zero-order valence-electron chi connectivity index (χ0n) is 11.8. The van der Waals surface area contributed by atoms with Gasteiger partial charge in [0.05, 0.1) is 12.1 Å². The van der Waals surface area contributed by atoms with Gasteiger partial charge in [0.15, 0.2) is 5.96 Å². The number of halogens is 1. The highest BCUT2D eigenvalue weighted by Gasteiger charge is 2.34. The molecule has 108 valence electrons. The first kappa shape index (κ1) is 18.0. The molecule has 1 aliphatic carbocycles. The third kappa shape index (κ3) is 6.78. The topological polar surface area (TPSA) is 56.7 Å². The average Bonchev–Trinajstić information content (AvgIpc) is 2.23. The Labute approximate surface area is 128 Å². The fourth-order valence-electron chi connectivity index (χ4n) is 1.79. The molecule has 0 radical (unpaired) electrons. The molecule has 1 saturated carbocycles. The van der Waals surface area contributed by atoms with E-state index in [0.717, 1.165) is 44.7 Å². The molecule has 1 fully saturated rings. The van der Waals surface area contributed by atoms with E-state index in [1.807, 2.05) is 0 Å².